The van der Waals surface area contributed by atoms with Crippen molar-refractivity contribution in [2.45, 2.75) is 38.3 Å². The molecule has 1 aliphatic carbocycles. The average Bonchev–Trinajstić information content (AvgIpc) is 3.08. The standard InChI is InChI=1S/C16H23N3O2/c20-16(18-9-11-21-12-10-18)19(15-3-1-2-4-15)13-14-5-7-17-8-6-14/h5-8,15H,1-4,9-13H2. The van der Waals surface area contributed by atoms with E-state index in [4.69, 9.17) is 4.74 Å². The number of aromatic nitrogens is 1. The monoisotopic (exact) mass is 289 g/mol. The fraction of sp³-hybridized carbons (Fsp3) is 0.625. The molecule has 21 heavy (non-hydrogen) atoms. The average molecular weight is 289 g/mol. The highest BCUT2D eigenvalue weighted by Crippen LogP contribution is 2.26. The zero-order valence-electron chi connectivity index (χ0n) is 12.4. The summed E-state index contributed by atoms with van der Waals surface area (Å²) in [6.45, 7) is 3.40. The zero-order valence-corrected chi connectivity index (χ0v) is 12.4. The van der Waals surface area contributed by atoms with Gasteiger partial charge in [0.25, 0.3) is 0 Å². The van der Waals surface area contributed by atoms with Crippen molar-refractivity contribution in [2.24, 2.45) is 0 Å². The van der Waals surface area contributed by atoms with Crippen LogP contribution in [0.3, 0.4) is 0 Å². The minimum absolute atomic E-state index is 0.169. The van der Waals surface area contributed by atoms with Crippen LogP contribution in [0.4, 0.5) is 4.79 Å². The van der Waals surface area contributed by atoms with E-state index in [1.54, 1.807) is 12.4 Å². The van der Waals surface area contributed by atoms with E-state index >= 15 is 0 Å². The van der Waals surface area contributed by atoms with Gasteiger partial charge in [-0.05, 0) is 30.5 Å². The Morgan fingerprint density at radius 2 is 1.90 bits per heavy atom. The molecule has 1 aromatic heterocycles. The molecular weight excluding hydrogens is 266 g/mol. The lowest BCUT2D eigenvalue weighted by Gasteiger charge is -2.36. The highest BCUT2D eigenvalue weighted by molar-refractivity contribution is 5.75. The van der Waals surface area contributed by atoms with Crippen molar-refractivity contribution in [1.82, 2.24) is 14.8 Å². The fourth-order valence-electron chi connectivity index (χ4n) is 3.19. The molecule has 5 heteroatoms. The normalized spacial score (nSPS) is 19.7. The molecule has 0 aromatic carbocycles. The van der Waals surface area contributed by atoms with Crippen LogP contribution < -0.4 is 0 Å². The predicted octanol–water partition coefficient (Wildman–Crippen LogP) is 2.28. The Bertz CT molecular complexity index is 454. The topological polar surface area (TPSA) is 45.7 Å². The van der Waals surface area contributed by atoms with Crippen LogP contribution >= 0.6 is 0 Å². The summed E-state index contributed by atoms with van der Waals surface area (Å²) < 4.78 is 5.35. The minimum Gasteiger partial charge on any atom is -0.378 e. The van der Waals surface area contributed by atoms with Crippen molar-refractivity contribution in [3.8, 4) is 0 Å². The summed E-state index contributed by atoms with van der Waals surface area (Å²) in [5.41, 5.74) is 1.15. The Balaban J connectivity index is 1.73. The van der Waals surface area contributed by atoms with Crippen molar-refractivity contribution >= 4 is 6.03 Å². The predicted molar refractivity (Wildman–Crippen MR) is 79.8 cm³/mol. The van der Waals surface area contributed by atoms with E-state index in [0.29, 0.717) is 38.9 Å². The lowest BCUT2D eigenvalue weighted by molar-refractivity contribution is 0.0383. The largest absolute Gasteiger partial charge is 0.378 e. The van der Waals surface area contributed by atoms with Crippen molar-refractivity contribution < 1.29 is 9.53 Å². The third kappa shape index (κ3) is 3.53. The van der Waals surface area contributed by atoms with E-state index in [0.717, 1.165) is 18.4 Å². The van der Waals surface area contributed by atoms with E-state index in [2.05, 4.69) is 9.88 Å². The molecule has 0 atom stereocenters. The van der Waals surface area contributed by atoms with Crippen LogP contribution in [0.5, 0.6) is 0 Å². The minimum atomic E-state index is 0.169. The van der Waals surface area contributed by atoms with Gasteiger partial charge in [-0.2, -0.15) is 0 Å². The van der Waals surface area contributed by atoms with E-state index in [1.165, 1.54) is 12.8 Å². The molecule has 0 radical (unpaired) electrons. The molecule has 0 N–H and O–H groups in total. The molecule has 1 aromatic rings. The number of ether oxygens (including phenoxy) is 1. The Morgan fingerprint density at radius 1 is 1.24 bits per heavy atom. The maximum Gasteiger partial charge on any atom is 0.320 e. The first-order chi connectivity index (χ1) is 10.3. The maximum absolute atomic E-state index is 12.9. The number of hydrogen-bond donors (Lipinski definition) is 0. The third-order valence-electron chi connectivity index (χ3n) is 4.40. The van der Waals surface area contributed by atoms with Gasteiger partial charge in [-0.15, -0.1) is 0 Å². The molecular formula is C16H23N3O2. The SMILES string of the molecule is O=C(N1CCOCC1)N(Cc1ccncc1)C1CCCC1. The molecule has 3 rings (SSSR count). The smallest absolute Gasteiger partial charge is 0.320 e. The number of rotatable bonds is 3. The second-order valence-corrected chi connectivity index (χ2v) is 5.80. The van der Waals surface area contributed by atoms with Crippen LogP contribution in [0.15, 0.2) is 24.5 Å². The Kier molecular flexibility index (Phi) is 4.70. The summed E-state index contributed by atoms with van der Waals surface area (Å²) >= 11 is 0. The van der Waals surface area contributed by atoms with Crippen LogP contribution in [0.25, 0.3) is 0 Å². The van der Waals surface area contributed by atoms with Gasteiger partial charge >= 0.3 is 6.03 Å². The van der Waals surface area contributed by atoms with Gasteiger partial charge in [0.15, 0.2) is 0 Å². The summed E-state index contributed by atoms with van der Waals surface area (Å²) in [4.78, 5) is 20.9. The lowest BCUT2D eigenvalue weighted by atomic mass is 10.1. The molecule has 2 heterocycles. The van der Waals surface area contributed by atoms with Gasteiger partial charge in [0.1, 0.15) is 0 Å². The number of urea groups is 1. The fourth-order valence-corrected chi connectivity index (χ4v) is 3.19. The molecule has 0 unspecified atom stereocenters. The van der Waals surface area contributed by atoms with Crippen LogP contribution in [-0.4, -0.2) is 53.2 Å². The molecule has 114 valence electrons. The van der Waals surface area contributed by atoms with Gasteiger partial charge in [0, 0.05) is 38.1 Å². The van der Waals surface area contributed by atoms with Crippen molar-refractivity contribution in [2.75, 3.05) is 26.3 Å². The Hall–Kier alpha value is -1.62. The van der Waals surface area contributed by atoms with Crippen molar-refractivity contribution in [3.05, 3.63) is 30.1 Å². The van der Waals surface area contributed by atoms with Gasteiger partial charge in [0.2, 0.25) is 0 Å². The highest BCUT2D eigenvalue weighted by Gasteiger charge is 2.30. The van der Waals surface area contributed by atoms with Crippen LogP contribution in [-0.2, 0) is 11.3 Å². The summed E-state index contributed by atoms with van der Waals surface area (Å²) in [5, 5.41) is 0. The number of carbonyl (C=O) groups excluding carboxylic acids is 1. The number of morpholine rings is 1. The molecule has 0 spiro atoms. The van der Waals surface area contributed by atoms with Crippen molar-refractivity contribution in [3.63, 3.8) is 0 Å². The second-order valence-electron chi connectivity index (χ2n) is 5.80. The van der Waals surface area contributed by atoms with Gasteiger partial charge in [-0.25, -0.2) is 4.79 Å². The summed E-state index contributed by atoms with van der Waals surface area (Å²) in [6, 6.07) is 4.54. The lowest BCUT2D eigenvalue weighted by Crippen LogP contribution is -2.50. The van der Waals surface area contributed by atoms with Gasteiger partial charge in [-0.3, -0.25) is 4.98 Å². The summed E-state index contributed by atoms with van der Waals surface area (Å²) in [7, 11) is 0. The molecule has 2 aliphatic rings. The second kappa shape index (κ2) is 6.89. The van der Waals surface area contributed by atoms with Crippen LogP contribution in [0.1, 0.15) is 31.2 Å². The van der Waals surface area contributed by atoms with E-state index in [1.807, 2.05) is 17.0 Å². The molecule has 1 aliphatic heterocycles. The quantitative estimate of drug-likeness (QED) is 0.857. The number of hydrogen-bond acceptors (Lipinski definition) is 3. The maximum atomic E-state index is 12.9. The number of amides is 2. The van der Waals surface area contributed by atoms with Gasteiger partial charge in [0.05, 0.1) is 13.2 Å². The molecule has 0 bridgehead atoms. The first-order valence-corrected chi connectivity index (χ1v) is 7.87. The summed E-state index contributed by atoms with van der Waals surface area (Å²) in [6.07, 6.45) is 8.30. The molecule has 5 nitrogen and oxygen atoms in total. The zero-order chi connectivity index (χ0) is 14.5. The van der Waals surface area contributed by atoms with Crippen LogP contribution in [0.2, 0.25) is 0 Å². The molecule has 1 saturated carbocycles. The number of carbonyl (C=O) groups is 1. The first-order valence-electron chi connectivity index (χ1n) is 7.87. The number of pyridine rings is 1. The first kappa shape index (κ1) is 14.3. The summed E-state index contributed by atoms with van der Waals surface area (Å²) in [5.74, 6) is 0. The Labute approximate surface area is 125 Å². The van der Waals surface area contributed by atoms with Crippen LogP contribution in [0, 0.1) is 0 Å². The molecule has 2 fully saturated rings. The van der Waals surface area contributed by atoms with Gasteiger partial charge in [-0.1, -0.05) is 12.8 Å². The van der Waals surface area contributed by atoms with E-state index in [9.17, 15) is 4.79 Å². The third-order valence-corrected chi connectivity index (χ3v) is 4.40. The van der Waals surface area contributed by atoms with E-state index < -0.39 is 0 Å². The molecule has 2 amide bonds. The highest BCUT2D eigenvalue weighted by atomic mass is 16.5. The Morgan fingerprint density at radius 3 is 2.57 bits per heavy atom. The van der Waals surface area contributed by atoms with E-state index in [-0.39, 0.29) is 6.03 Å². The number of nitrogens with zero attached hydrogens (tertiary/aromatic N) is 3. The molecule has 1 saturated heterocycles. The van der Waals surface area contributed by atoms with Crippen molar-refractivity contribution in [1.29, 1.82) is 0 Å². The van der Waals surface area contributed by atoms with Gasteiger partial charge < -0.3 is 14.5 Å².